The van der Waals surface area contributed by atoms with E-state index >= 15 is 0 Å². The zero-order valence-electron chi connectivity index (χ0n) is 7.51. The van der Waals surface area contributed by atoms with Gasteiger partial charge in [0.1, 0.15) is 5.69 Å². The molecule has 0 fully saturated rings. The van der Waals surface area contributed by atoms with Gasteiger partial charge in [-0.1, -0.05) is 11.6 Å². The molecule has 0 aliphatic carbocycles. The number of alkyl halides is 1. The molecule has 2 rings (SSSR count). The first-order valence-electron chi connectivity index (χ1n) is 4.16. The van der Waals surface area contributed by atoms with Crippen LogP contribution < -0.4 is 0 Å². The molecule has 0 radical (unpaired) electrons. The van der Waals surface area contributed by atoms with Crippen molar-refractivity contribution in [1.82, 2.24) is 4.98 Å². The normalized spacial score (nSPS) is 10.6. The van der Waals surface area contributed by atoms with E-state index in [0.29, 0.717) is 16.7 Å². The third-order valence-corrected chi connectivity index (χ3v) is 3.42. The Morgan fingerprint density at radius 2 is 2.20 bits per heavy atom. The Morgan fingerprint density at radius 3 is 2.87 bits per heavy atom. The SMILES string of the molecule is ClCc1ncoc1-c1ccc(Cl)c(Br)c1. The molecule has 0 saturated carbocycles. The largest absolute Gasteiger partial charge is 0.443 e. The van der Waals surface area contributed by atoms with E-state index in [2.05, 4.69) is 20.9 Å². The summed E-state index contributed by atoms with van der Waals surface area (Å²) >= 11 is 15.0. The molecule has 15 heavy (non-hydrogen) atoms. The van der Waals surface area contributed by atoms with Gasteiger partial charge in [-0.05, 0) is 34.1 Å². The molecule has 1 heterocycles. The van der Waals surface area contributed by atoms with Gasteiger partial charge in [0.15, 0.2) is 12.2 Å². The van der Waals surface area contributed by atoms with E-state index in [1.54, 1.807) is 6.07 Å². The Hall–Kier alpha value is -0.510. The molecule has 0 saturated heterocycles. The van der Waals surface area contributed by atoms with Crippen molar-refractivity contribution >= 4 is 39.1 Å². The summed E-state index contributed by atoms with van der Waals surface area (Å²) in [4.78, 5) is 4.02. The summed E-state index contributed by atoms with van der Waals surface area (Å²) in [5, 5.41) is 0.658. The van der Waals surface area contributed by atoms with Crippen LogP contribution in [0.5, 0.6) is 0 Å². The van der Waals surface area contributed by atoms with Crippen molar-refractivity contribution in [3.63, 3.8) is 0 Å². The monoisotopic (exact) mass is 305 g/mol. The Balaban J connectivity index is 2.50. The number of hydrogen-bond acceptors (Lipinski definition) is 2. The molecule has 0 N–H and O–H groups in total. The number of oxazole rings is 1. The molecule has 0 spiro atoms. The van der Waals surface area contributed by atoms with Gasteiger partial charge in [-0.3, -0.25) is 0 Å². The fourth-order valence-electron chi connectivity index (χ4n) is 1.24. The Kier molecular flexibility index (Phi) is 3.34. The quantitative estimate of drug-likeness (QED) is 0.764. The Labute approximate surface area is 105 Å². The average Bonchev–Trinajstić information content (AvgIpc) is 2.70. The van der Waals surface area contributed by atoms with Crippen LogP contribution in [0.15, 0.2) is 33.5 Å². The summed E-state index contributed by atoms with van der Waals surface area (Å²) in [6, 6.07) is 5.53. The van der Waals surface area contributed by atoms with Crippen LogP contribution in [0.2, 0.25) is 5.02 Å². The van der Waals surface area contributed by atoms with E-state index in [1.165, 1.54) is 6.39 Å². The van der Waals surface area contributed by atoms with E-state index in [1.807, 2.05) is 12.1 Å². The lowest BCUT2D eigenvalue weighted by Crippen LogP contribution is -1.83. The first-order chi connectivity index (χ1) is 7.22. The van der Waals surface area contributed by atoms with Gasteiger partial charge >= 0.3 is 0 Å². The zero-order chi connectivity index (χ0) is 10.8. The number of aromatic nitrogens is 1. The highest BCUT2D eigenvalue weighted by molar-refractivity contribution is 9.10. The van der Waals surface area contributed by atoms with Crippen LogP contribution in [0, 0.1) is 0 Å². The molecular weight excluding hydrogens is 301 g/mol. The van der Waals surface area contributed by atoms with Crippen LogP contribution >= 0.6 is 39.1 Å². The van der Waals surface area contributed by atoms with Crippen molar-refractivity contribution in [3.8, 4) is 11.3 Å². The van der Waals surface area contributed by atoms with Crippen molar-refractivity contribution < 1.29 is 4.42 Å². The van der Waals surface area contributed by atoms with Gasteiger partial charge in [-0.25, -0.2) is 4.98 Å². The molecule has 2 nitrogen and oxygen atoms in total. The minimum Gasteiger partial charge on any atom is -0.443 e. The number of halogens is 3. The molecule has 78 valence electrons. The van der Waals surface area contributed by atoms with Crippen molar-refractivity contribution in [2.45, 2.75) is 5.88 Å². The number of rotatable bonds is 2. The zero-order valence-corrected chi connectivity index (χ0v) is 10.6. The van der Waals surface area contributed by atoms with Crippen molar-refractivity contribution in [2.75, 3.05) is 0 Å². The smallest absolute Gasteiger partial charge is 0.181 e. The summed E-state index contributed by atoms with van der Waals surface area (Å²) in [6.07, 6.45) is 1.38. The number of nitrogens with zero attached hydrogens (tertiary/aromatic N) is 1. The van der Waals surface area contributed by atoms with Crippen LogP contribution in [0.1, 0.15) is 5.69 Å². The minimum atomic E-state index is 0.325. The maximum absolute atomic E-state index is 5.90. The molecule has 0 aliphatic heterocycles. The second-order valence-electron chi connectivity index (χ2n) is 2.89. The lowest BCUT2D eigenvalue weighted by atomic mass is 10.1. The van der Waals surface area contributed by atoms with E-state index in [9.17, 15) is 0 Å². The third kappa shape index (κ3) is 2.19. The van der Waals surface area contributed by atoms with Gasteiger partial charge in [0, 0.05) is 10.0 Å². The Bertz CT molecular complexity index is 484. The van der Waals surface area contributed by atoms with Crippen molar-refractivity contribution in [2.24, 2.45) is 0 Å². The highest BCUT2D eigenvalue weighted by atomic mass is 79.9. The molecule has 0 bridgehead atoms. The first-order valence-corrected chi connectivity index (χ1v) is 5.86. The third-order valence-electron chi connectivity index (χ3n) is 1.95. The summed E-state index contributed by atoms with van der Waals surface area (Å²) in [6.45, 7) is 0. The summed E-state index contributed by atoms with van der Waals surface area (Å²) in [7, 11) is 0. The van der Waals surface area contributed by atoms with Crippen molar-refractivity contribution in [3.05, 3.63) is 39.8 Å². The summed E-state index contributed by atoms with van der Waals surface area (Å²) in [5.41, 5.74) is 1.63. The first kappa shape index (κ1) is 11.0. The summed E-state index contributed by atoms with van der Waals surface area (Å²) < 4.78 is 6.10. The van der Waals surface area contributed by atoms with Crippen LogP contribution in [-0.2, 0) is 5.88 Å². The minimum absolute atomic E-state index is 0.325. The fourth-order valence-corrected chi connectivity index (χ4v) is 1.92. The number of hydrogen-bond donors (Lipinski definition) is 0. The molecule has 0 unspecified atom stereocenters. The highest BCUT2D eigenvalue weighted by Crippen LogP contribution is 2.30. The van der Waals surface area contributed by atoms with Crippen LogP contribution in [0.4, 0.5) is 0 Å². The summed E-state index contributed by atoms with van der Waals surface area (Å²) in [5.74, 6) is 1.01. The van der Waals surface area contributed by atoms with Gasteiger partial charge < -0.3 is 4.42 Å². The van der Waals surface area contributed by atoms with Gasteiger partial charge in [0.2, 0.25) is 0 Å². The van der Waals surface area contributed by atoms with E-state index in [4.69, 9.17) is 27.6 Å². The van der Waals surface area contributed by atoms with E-state index in [-0.39, 0.29) is 0 Å². The molecule has 1 aromatic carbocycles. The average molecular weight is 307 g/mol. The second-order valence-corrected chi connectivity index (χ2v) is 4.42. The second kappa shape index (κ2) is 4.56. The molecule has 1 aromatic heterocycles. The van der Waals surface area contributed by atoms with Gasteiger partial charge in [-0.2, -0.15) is 0 Å². The predicted octanol–water partition coefficient (Wildman–Crippen LogP) is 4.50. The fraction of sp³-hybridized carbons (Fsp3) is 0.100. The Morgan fingerprint density at radius 1 is 1.40 bits per heavy atom. The molecule has 0 atom stereocenters. The highest BCUT2D eigenvalue weighted by Gasteiger charge is 2.10. The van der Waals surface area contributed by atoms with E-state index < -0.39 is 0 Å². The molecule has 0 amide bonds. The molecule has 5 heteroatoms. The molecule has 0 aliphatic rings. The standard InChI is InChI=1S/C10H6BrCl2NO/c11-7-3-6(1-2-8(7)13)10-9(4-12)14-5-15-10/h1-3,5H,4H2. The molecular formula is C10H6BrCl2NO. The van der Waals surface area contributed by atoms with Gasteiger partial charge in [0.05, 0.1) is 10.9 Å². The van der Waals surface area contributed by atoms with Gasteiger partial charge in [0.25, 0.3) is 0 Å². The van der Waals surface area contributed by atoms with Crippen LogP contribution in [-0.4, -0.2) is 4.98 Å². The predicted molar refractivity (Wildman–Crippen MR) is 64.2 cm³/mol. The van der Waals surface area contributed by atoms with Crippen LogP contribution in [0.3, 0.4) is 0 Å². The topological polar surface area (TPSA) is 26.0 Å². The lowest BCUT2D eigenvalue weighted by molar-refractivity contribution is 0.571. The lowest BCUT2D eigenvalue weighted by Gasteiger charge is -2.01. The maximum Gasteiger partial charge on any atom is 0.181 e. The van der Waals surface area contributed by atoms with Crippen LogP contribution in [0.25, 0.3) is 11.3 Å². The van der Waals surface area contributed by atoms with Crippen molar-refractivity contribution in [1.29, 1.82) is 0 Å². The molecule has 2 aromatic rings. The maximum atomic E-state index is 5.90. The van der Waals surface area contributed by atoms with Gasteiger partial charge in [-0.15, -0.1) is 11.6 Å². The van der Waals surface area contributed by atoms with E-state index in [0.717, 1.165) is 15.7 Å². The number of benzene rings is 1.